The maximum absolute atomic E-state index is 13.3. The van der Waals surface area contributed by atoms with Gasteiger partial charge >= 0.3 is 0 Å². The summed E-state index contributed by atoms with van der Waals surface area (Å²) in [6, 6.07) is 10.6. The number of sulfonamides is 1. The summed E-state index contributed by atoms with van der Waals surface area (Å²) in [5, 5.41) is 5.58. The van der Waals surface area contributed by atoms with E-state index in [4.69, 9.17) is 0 Å². The van der Waals surface area contributed by atoms with Crippen molar-refractivity contribution >= 4 is 27.3 Å². The molecular weight excluding hydrogens is 381 g/mol. The van der Waals surface area contributed by atoms with Gasteiger partial charge in [-0.1, -0.05) is 18.6 Å². The van der Waals surface area contributed by atoms with E-state index in [1.54, 1.807) is 31.2 Å². The van der Waals surface area contributed by atoms with E-state index in [-0.39, 0.29) is 17.3 Å². The molecule has 0 saturated carbocycles. The summed E-state index contributed by atoms with van der Waals surface area (Å²) < 4.78 is 40.4. The Morgan fingerprint density at radius 2 is 1.86 bits per heavy atom. The summed E-state index contributed by atoms with van der Waals surface area (Å²) in [6.45, 7) is 2.78. The Hall–Kier alpha value is -2.45. The molecule has 1 fully saturated rings. The first kappa shape index (κ1) is 20.3. The van der Waals surface area contributed by atoms with Crippen molar-refractivity contribution in [3.05, 3.63) is 53.8 Å². The summed E-state index contributed by atoms with van der Waals surface area (Å²) in [5.74, 6) is -0.775. The lowest BCUT2D eigenvalue weighted by Gasteiger charge is -2.26. The lowest BCUT2D eigenvalue weighted by Crippen LogP contribution is -2.35. The Labute approximate surface area is 164 Å². The zero-order valence-electron chi connectivity index (χ0n) is 15.7. The fourth-order valence-electron chi connectivity index (χ4n) is 3.13. The molecule has 28 heavy (non-hydrogen) atoms. The van der Waals surface area contributed by atoms with Crippen LogP contribution in [0.4, 0.5) is 15.8 Å². The van der Waals surface area contributed by atoms with Gasteiger partial charge in [-0.2, -0.15) is 4.31 Å². The summed E-state index contributed by atoms with van der Waals surface area (Å²) in [5.41, 5.74) is 1.70. The van der Waals surface area contributed by atoms with Crippen LogP contribution < -0.4 is 10.6 Å². The van der Waals surface area contributed by atoms with Crippen molar-refractivity contribution in [3.63, 3.8) is 0 Å². The molecule has 1 saturated heterocycles. The molecule has 2 aromatic carbocycles. The van der Waals surface area contributed by atoms with Crippen LogP contribution in [0.3, 0.4) is 0 Å². The van der Waals surface area contributed by atoms with E-state index < -0.39 is 15.8 Å². The van der Waals surface area contributed by atoms with E-state index >= 15 is 0 Å². The molecule has 2 aromatic rings. The number of hydrogen-bond acceptors (Lipinski definition) is 4. The summed E-state index contributed by atoms with van der Waals surface area (Å²) >= 11 is 0. The molecular formula is C20H24FN3O3S. The Kier molecular flexibility index (Phi) is 6.31. The molecule has 1 amide bonds. The minimum Gasteiger partial charge on any atom is -0.376 e. The lowest BCUT2D eigenvalue weighted by molar-refractivity contribution is -0.114. The van der Waals surface area contributed by atoms with Gasteiger partial charge in [-0.3, -0.25) is 4.79 Å². The smallest absolute Gasteiger partial charge is 0.243 e. The fourth-order valence-corrected chi connectivity index (χ4v) is 4.69. The van der Waals surface area contributed by atoms with Gasteiger partial charge in [-0.05, 0) is 55.7 Å². The average molecular weight is 405 g/mol. The lowest BCUT2D eigenvalue weighted by atomic mass is 10.2. The highest BCUT2D eigenvalue weighted by Gasteiger charge is 2.25. The monoisotopic (exact) mass is 405 g/mol. The summed E-state index contributed by atoms with van der Waals surface area (Å²) in [7, 11) is -3.53. The first-order chi connectivity index (χ1) is 13.4. The fraction of sp³-hybridized carbons (Fsp3) is 0.350. The molecule has 1 aliphatic heterocycles. The van der Waals surface area contributed by atoms with E-state index in [2.05, 4.69) is 10.6 Å². The van der Waals surface area contributed by atoms with Gasteiger partial charge in [0.15, 0.2) is 0 Å². The molecule has 1 heterocycles. The number of nitrogens with one attached hydrogen (secondary N) is 2. The van der Waals surface area contributed by atoms with E-state index in [9.17, 15) is 17.6 Å². The molecule has 150 valence electrons. The second-order valence-electron chi connectivity index (χ2n) is 6.85. The van der Waals surface area contributed by atoms with Gasteiger partial charge in [0.1, 0.15) is 5.82 Å². The van der Waals surface area contributed by atoms with Crippen molar-refractivity contribution in [3.8, 4) is 0 Å². The maximum atomic E-state index is 13.3. The minimum atomic E-state index is -3.53. The average Bonchev–Trinajstić information content (AvgIpc) is 2.70. The van der Waals surface area contributed by atoms with Crippen LogP contribution in [0.15, 0.2) is 47.4 Å². The number of rotatable bonds is 6. The van der Waals surface area contributed by atoms with Crippen LogP contribution in [-0.2, 0) is 14.8 Å². The first-order valence-electron chi connectivity index (χ1n) is 9.26. The Morgan fingerprint density at radius 1 is 1.11 bits per heavy atom. The Morgan fingerprint density at radius 3 is 2.61 bits per heavy atom. The second-order valence-corrected chi connectivity index (χ2v) is 8.79. The van der Waals surface area contributed by atoms with Gasteiger partial charge in [-0.15, -0.1) is 0 Å². The molecule has 0 radical (unpaired) electrons. The normalized spacial score (nSPS) is 15.2. The van der Waals surface area contributed by atoms with Gasteiger partial charge < -0.3 is 10.6 Å². The van der Waals surface area contributed by atoms with Crippen molar-refractivity contribution in [1.29, 1.82) is 0 Å². The molecule has 0 atom stereocenters. The van der Waals surface area contributed by atoms with Crippen LogP contribution >= 0.6 is 0 Å². The topological polar surface area (TPSA) is 78.5 Å². The van der Waals surface area contributed by atoms with Crippen LogP contribution in [0.2, 0.25) is 0 Å². The third kappa shape index (κ3) is 4.88. The van der Waals surface area contributed by atoms with Crippen LogP contribution in [0.1, 0.15) is 24.8 Å². The van der Waals surface area contributed by atoms with E-state index in [1.807, 2.05) is 0 Å². The molecule has 0 unspecified atom stereocenters. The SMILES string of the molecule is Cc1ccc(F)cc1NC(=O)CNc1cccc(S(=O)(=O)N2CCCCC2)c1. The molecule has 0 bridgehead atoms. The zero-order chi connectivity index (χ0) is 20.1. The number of anilines is 2. The van der Waals surface area contributed by atoms with E-state index in [0.717, 1.165) is 24.8 Å². The highest BCUT2D eigenvalue weighted by atomic mass is 32.2. The van der Waals surface area contributed by atoms with E-state index in [1.165, 1.54) is 22.5 Å². The molecule has 0 aromatic heterocycles. The Bertz CT molecular complexity index is 957. The van der Waals surface area contributed by atoms with Crippen molar-refractivity contribution in [2.24, 2.45) is 0 Å². The maximum Gasteiger partial charge on any atom is 0.243 e. The van der Waals surface area contributed by atoms with Gasteiger partial charge in [0.2, 0.25) is 15.9 Å². The first-order valence-corrected chi connectivity index (χ1v) is 10.7. The van der Waals surface area contributed by atoms with E-state index in [0.29, 0.717) is 24.5 Å². The second kappa shape index (κ2) is 8.70. The molecule has 1 aliphatic rings. The van der Waals surface area contributed by atoms with Gasteiger partial charge in [0.25, 0.3) is 0 Å². The molecule has 8 heteroatoms. The minimum absolute atomic E-state index is 0.0663. The number of carbonyl (C=O) groups is 1. The van der Waals surface area contributed by atoms with Crippen molar-refractivity contribution in [2.75, 3.05) is 30.3 Å². The van der Waals surface area contributed by atoms with Crippen molar-refractivity contribution < 1.29 is 17.6 Å². The Balaban J connectivity index is 1.64. The predicted molar refractivity (Wildman–Crippen MR) is 107 cm³/mol. The van der Waals surface area contributed by atoms with Crippen LogP contribution in [0, 0.1) is 12.7 Å². The summed E-state index contributed by atoms with van der Waals surface area (Å²) in [4.78, 5) is 12.4. The number of nitrogens with zero attached hydrogens (tertiary/aromatic N) is 1. The van der Waals surface area contributed by atoms with Crippen LogP contribution in [-0.4, -0.2) is 38.3 Å². The number of hydrogen-bond donors (Lipinski definition) is 2. The highest BCUT2D eigenvalue weighted by Crippen LogP contribution is 2.23. The number of carbonyl (C=O) groups excluding carboxylic acids is 1. The number of aryl methyl sites for hydroxylation is 1. The molecule has 3 rings (SSSR count). The number of benzene rings is 2. The molecule has 6 nitrogen and oxygen atoms in total. The van der Waals surface area contributed by atoms with Gasteiger partial charge in [0, 0.05) is 24.5 Å². The van der Waals surface area contributed by atoms with Crippen molar-refractivity contribution in [2.45, 2.75) is 31.1 Å². The number of piperidine rings is 1. The largest absolute Gasteiger partial charge is 0.376 e. The van der Waals surface area contributed by atoms with Gasteiger partial charge in [0.05, 0.1) is 11.4 Å². The standard InChI is InChI=1S/C20H24FN3O3S/c1-15-8-9-16(21)12-19(15)23-20(25)14-22-17-6-5-7-18(13-17)28(26,27)24-10-3-2-4-11-24/h5-9,12-13,22H,2-4,10-11,14H2,1H3,(H,23,25). The van der Waals surface area contributed by atoms with Crippen LogP contribution in [0.5, 0.6) is 0 Å². The summed E-state index contributed by atoms with van der Waals surface area (Å²) in [6.07, 6.45) is 2.79. The molecule has 0 spiro atoms. The third-order valence-corrected chi connectivity index (χ3v) is 6.61. The predicted octanol–water partition coefficient (Wildman–Crippen LogP) is 3.36. The van der Waals surface area contributed by atoms with Gasteiger partial charge in [-0.25, -0.2) is 12.8 Å². The highest BCUT2D eigenvalue weighted by molar-refractivity contribution is 7.89. The number of amides is 1. The van der Waals surface area contributed by atoms with Crippen molar-refractivity contribution in [1.82, 2.24) is 4.31 Å². The van der Waals surface area contributed by atoms with Crippen LogP contribution in [0.25, 0.3) is 0 Å². The third-order valence-electron chi connectivity index (χ3n) is 4.71. The number of halogens is 1. The zero-order valence-corrected chi connectivity index (χ0v) is 16.6. The molecule has 2 N–H and O–H groups in total. The molecule has 0 aliphatic carbocycles. The quantitative estimate of drug-likeness (QED) is 0.773.